The fourth-order valence-corrected chi connectivity index (χ4v) is 3.09. The highest BCUT2D eigenvalue weighted by molar-refractivity contribution is 5.84. The average Bonchev–Trinajstić information content (AvgIpc) is 2.66. The van der Waals surface area contributed by atoms with Crippen LogP contribution in [0.15, 0.2) is 45.6 Å². The van der Waals surface area contributed by atoms with Crippen LogP contribution in [0.5, 0.6) is 11.5 Å². The Morgan fingerprint density at radius 3 is 2.50 bits per heavy atom. The van der Waals surface area contributed by atoms with Crippen LogP contribution in [0.1, 0.15) is 30.7 Å². The van der Waals surface area contributed by atoms with Gasteiger partial charge in [0.05, 0.1) is 11.8 Å². The van der Waals surface area contributed by atoms with E-state index in [1.165, 1.54) is 24.3 Å². The number of carbonyl (C=O) groups excluding carboxylic acids is 1. The summed E-state index contributed by atoms with van der Waals surface area (Å²) < 4.78 is 24.6. The molecule has 1 N–H and O–H groups in total. The summed E-state index contributed by atoms with van der Waals surface area (Å²) in [6.45, 7) is 6.03. The number of halogens is 1. The number of hydrogen-bond donors (Lipinski definition) is 1. The molecule has 0 unspecified atom stereocenters. The zero-order valence-electron chi connectivity index (χ0n) is 16.1. The molecule has 0 fully saturated rings. The van der Waals surface area contributed by atoms with Crippen LogP contribution < -0.4 is 15.5 Å². The van der Waals surface area contributed by atoms with Gasteiger partial charge in [-0.15, -0.1) is 0 Å². The molecule has 0 radical (unpaired) electrons. The minimum absolute atomic E-state index is 0.0673. The Hall–Kier alpha value is -3.15. The van der Waals surface area contributed by atoms with E-state index in [-0.39, 0.29) is 29.3 Å². The maximum atomic E-state index is 13.1. The molecule has 0 atom stereocenters. The van der Waals surface area contributed by atoms with E-state index in [1.54, 1.807) is 19.1 Å². The van der Waals surface area contributed by atoms with Crippen molar-refractivity contribution in [3.05, 3.63) is 69.3 Å². The van der Waals surface area contributed by atoms with Crippen LogP contribution in [0.4, 0.5) is 4.39 Å². The van der Waals surface area contributed by atoms with Gasteiger partial charge in [-0.3, -0.25) is 9.59 Å². The summed E-state index contributed by atoms with van der Waals surface area (Å²) in [6.07, 6.45) is 0.899. The van der Waals surface area contributed by atoms with E-state index in [0.29, 0.717) is 35.4 Å². The maximum Gasteiger partial charge on any atom is 0.235 e. The van der Waals surface area contributed by atoms with Gasteiger partial charge in [0, 0.05) is 6.54 Å². The third-order valence-electron chi connectivity index (χ3n) is 4.47. The molecule has 1 heterocycles. The molecule has 0 aliphatic heterocycles. The van der Waals surface area contributed by atoms with Gasteiger partial charge < -0.3 is 14.5 Å². The Morgan fingerprint density at radius 2 is 1.86 bits per heavy atom. The third-order valence-corrected chi connectivity index (χ3v) is 4.47. The van der Waals surface area contributed by atoms with Crippen molar-refractivity contribution < 1.29 is 18.3 Å². The molecule has 1 aromatic heterocycles. The van der Waals surface area contributed by atoms with Gasteiger partial charge in [0.2, 0.25) is 17.1 Å². The lowest BCUT2D eigenvalue weighted by molar-refractivity contribution is -0.120. The Balaban J connectivity index is 2.06. The molecule has 5 nitrogen and oxygen atoms in total. The first-order chi connectivity index (χ1) is 13.4. The first-order valence-electron chi connectivity index (χ1n) is 9.22. The fourth-order valence-electron chi connectivity index (χ4n) is 3.09. The second-order valence-electron chi connectivity index (χ2n) is 6.47. The van der Waals surface area contributed by atoms with Gasteiger partial charge in [0.25, 0.3) is 0 Å². The van der Waals surface area contributed by atoms with Crippen molar-refractivity contribution in [2.24, 2.45) is 0 Å². The number of carbonyl (C=O) groups is 1. The number of aryl methyl sites for hydroxylation is 2. The lowest BCUT2D eigenvalue weighted by Gasteiger charge is -2.12. The summed E-state index contributed by atoms with van der Waals surface area (Å²) in [5.41, 5.74) is 1.84. The minimum atomic E-state index is -0.387. The molecule has 146 valence electrons. The number of nitrogens with one attached hydrogen (secondary N) is 1. The van der Waals surface area contributed by atoms with Gasteiger partial charge in [-0.1, -0.05) is 6.92 Å². The van der Waals surface area contributed by atoms with E-state index in [1.807, 2.05) is 13.8 Å². The number of likely N-dealkylation sites (N-methyl/N-ethyl adjacent to an activating group) is 1. The van der Waals surface area contributed by atoms with E-state index in [9.17, 15) is 14.0 Å². The van der Waals surface area contributed by atoms with Crippen LogP contribution in [-0.4, -0.2) is 12.5 Å². The predicted octanol–water partition coefficient (Wildman–Crippen LogP) is 4.27. The second-order valence-corrected chi connectivity index (χ2v) is 6.47. The zero-order chi connectivity index (χ0) is 20.3. The van der Waals surface area contributed by atoms with Crippen LogP contribution >= 0.6 is 0 Å². The third kappa shape index (κ3) is 4.06. The van der Waals surface area contributed by atoms with Crippen LogP contribution in [0.3, 0.4) is 0 Å². The van der Waals surface area contributed by atoms with Crippen molar-refractivity contribution in [1.82, 2.24) is 5.32 Å². The van der Waals surface area contributed by atoms with E-state index >= 15 is 0 Å². The average molecular weight is 383 g/mol. The number of benzene rings is 2. The highest BCUT2D eigenvalue weighted by Gasteiger charge is 2.17. The molecule has 1 amide bonds. The predicted molar refractivity (Wildman–Crippen MR) is 105 cm³/mol. The Bertz CT molecular complexity index is 1070. The van der Waals surface area contributed by atoms with E-state index in [2.05, 4.69) is 5.32 Å². The van der Waals surface area contributed by atoms with Crippen LogP contribution in [0.2, 0.25) is 0 Å². The molecule has 0 saturated carbocycles. The normalized spacial score (nSPS) is 10.9. The number of hydrogen-bond acceptors (Lipinski definition) is 4. The first kappa shape index (κ1) is 19.6. The molecular weight excluding hydrogens is 361 g/mol. The summed E-state index contributed by atoms with van der Waals surface area (Å²) in [5.74, 6) is 0.265. The van der Waals surface area contributed by atoms with Crippen molar-refractivity contribution in [2.75, 3.05) is 6.54 Å². The highest BCUT2D eigenvalue weighted by atomic mass is 19.1. The van der Waals surface area contributed by atoms with Crippen LogP contribution in [0, 0.1) is 12.7 Å². The Morgan fingerprint density at radius 1 is 1.14 bits per heavy atom. The zero-order valence-corrected chi connectivity index (χ0v) is 16.1. The van der Waals surface area contributed by atoms with Gasteiger partial charge in [-0.2, -0.15) is 0 Å². The molecule has 6 heteroatoms. The number of fused-ring (bicyclic) bond motifs is 1. The van der Waals surface area contributed by atoms with Crippen LogP contribution in [0.25, 0.3) is 11.0 Å². The summed E-state index contributed by atoms with van der Waals surface area (Å²) in [7, 11) is 0. The molecule has 0 aliphatic carbocycles. The maximum absolute atomic E-state index is 13.1. The van der Waals surface area contributed by atoms with Gasteiger partial charge in [0.1, 0.15) is 22.9 Å². The first-order valence-corrected chi connectivity index (χ1v) is 9.22. The van der Waals surface area contributed by atoms with Crippen molar-refractivity contribution in [2.45, 2.75) is 33.6 Å². The van der Waals surface area contributed by atoms with Crippen LogP contribution in [-0.2, 0) is 17.6 Å². The van der Waals surface area contributed by atoms with Gasteiger partial charge in [0.15, 0.2) is 0 Å². The lowest BCUT2D eigenvalue weighted by atomic mass is 9.99. The van der Waals surface area contributed by atoms with Gasteiger partial charge in [-0.25, -0.2) is 4.39 Å². The number of ether oxygens (including phenoxy) is 1. The Labute approximate surface area is 162 Å². The SMILES string of the molecule is CCNC(=O)Cc1cc2oc(C)c(Oc3ccc(F)cc3)c(=O)c2cc1CC. The molecule has 0 bridgehead atoms. The largest absolute Gasteiger partial charge is 0.457 e. The van der Waals surface area contributed by atoms with E-state index in [4.69, 9.17) is 9.15 Å². The van der Waals surface area contributed by atoms with E-state index in [0.717, 1.165) is 11.1 Å². The Kier molecular flexibility index (Phi) is 5.78. The van der Waals surface area contributed by atoms with Crippen molar-refractivity contribution >= 4 is 16.9 Å². The molecular formula is C22H22FNO4. The van der Waals surface area contributed by atoms with Gasteiger partial charge >= 0.3 is 0 Å². The number of rotatable bonds is 6. The molecule has 3 rings (SSSR count). The monoisotopic (exact) mass is 383 g/mol. The van der Waals surface area contributed by atoms with E-state index < -0.39 is 0 Å². The van der Waals surface area contributed by atoms with Crippen molar-refractivity contribution in [3.8, 4) is 11.5 Å². The summed E-state index contributed by atoms with van der Waals surface area (Å²) in [6, 6.07) is 8.93. The minimum Gasteiger partial charge on any atom is -0.457 e. The van der Waals surface area contributed by atoms with Crippen molar-refractivity contribution in [1.29, 1.82) is 0 Å². The second kappa shape index (κ2) is 8.25. The highest BCUT2D eigenvalue weighted by Crippen LogP contribution is 2.27. The molecule has 2 aromatic carbocycles. The topological polar surface area (TPSA) is 68.5 Å². The van der Waals surface area contributed by atoms with Gasteiger partial charge in [-0.05, 0) is 67.8 Å². The molecule has 0 spiro atoms. The number of amides is 1. The standard InChI is InChI=1S/C22H22FNO4/c1-4-14-10-18-19(11-15(14)12-20(25)24-5-2)27-13(3)22(21(18)26)28-17-8-6-16(23)7-9-17/h6-11H,4-5,12H2,1-3H3,(H,24,25). The van der Waals surface area contributed by atoms with Crippen molar-refractivity contribution in [3.63, 3.8) is 0 Å². The lowest BCUT2D eigenvalue weighted by Crippen LogP contribution is -2.25. The molecule has 0 aliphatic rings. The summed E-state index contributed by atoms with van der Waals surface area (Å²) in [5, 5.41) is 3.17. The summed E-state index contributed by atoms with van der Waals surface area (Å²) in [4.78, 5) is 25.0. The molecule has 0 saturated heterocycles. The molecule has 28 heavy (non-hydrogen) atoms. The quantitative estimate of drug-likeness (QED) is 0.690. The smallest absolute Gasteiger partial charge is 0.235 e. The fraction of sp³-hybridized carbons (Fsp3) is 0.273. The summed E-state index contributed by atoms with van der Waals surface area (Å²) >= 11 is 0. The molecule has 3 aromatic rings.